The van der Waals surface area contributed by atoms with Gasteiger partial charge in [-0.3, -0.25) is 14.6 Å². The van der Waals surface area contributed by atoms with E-state index in [0.29, 0.717) is 42.3 Å². The number of aromatic nitrogens is 1. The first kappa shape index (κ1) is 20.4. The van der Waals surface area contributed by atoms with Crippen LogP contribution in [0.3, 0.4) is 0 Å². The third-order valence-corrected chi connectivity index (χ3v) is 3.96. The van der Waals surface area contributed by atoms with Gasteiger partial charge in [0, 0.05) is 25.5 Å². The quantitative estimate of drug-likeness (QED) is 0.725. The summed E-state index contributed by atoms with van der Waals surface area (Å²) in [5.41, 5.74) is 1.34. The summed E-state index contributed by atoms with van der Waals surface area (Å²) >= 11 is 0. The zero-order valence-corrected chi connectivity index (χ0v) is 16.2. The van der Waals surface area contributed by atoms with Gasteiger partial charge >= 0.3 is 0 Å². The van der Waals surface area contributed by atoms with Crippen molar-refractivity contribution in [2.24, 2.45) is 0 Å². The van der Waals surface area contributed by atoms with Crippen LogP contribution in [-0.4, -0.2) is 41.4 Å². The highest BCUT2D eigenvalue weighted by Crippen LogP contribution is 2.24. The second-order valence-electron chi connectivity index (χ2n) is 6.14. The lowest BCUT2D eigenvalue weighted by Crippen LogP contribution is -2.32. The number of rotatable bonds is 9. The lowest BCUT2D eigenvalue weighted by Gasteiger charge is -2.21. The Balaban J connectivity index is 2.19. The number of carbonyl (C=O) groups excluding carboxylic acids is 2. The van der Waals surface area contributed by atoms with Gasteiger partial charge in [0.2, 0.25) is 0 Å². The number of hydrogen-bond donors (Lipinski definition) is 1. The molecule has 1 aromatic heterocycles. The molecule has 2 rings (SSSR count). The Morgan fingerprint density at radius 1 is 1.04 bits per heavy atom. The van der Waals surface area contributed by atoms with Crippen molar-refractivity contribution in [1.29, 1.82) is 0 Å². The van der Waals surface area contributed by atoms with Crippen molar-refractivity contribution in [2.45, 2.75) is 33.6 Å². The van der Waals surface area contributed by atoms with Gasteiger partial charge in [0.05, 0.1) is 23.4 Å². The van der Waals surface area contributed by atoms with E-state index in [0.717, 1.165) is 12.8 Å². The van der Waals surface area contributed by atoms with Crippen LogP contribution >= 0.6 is 0 Å². The standard InChI is InChI=1S/C21H27N3O3/c1-4-11-24(12-5-2)21(26)17-13-16(14-22-15-17)20(25)23-18-9-7-8-10-19(18)27-6-3/h7-10,13-15H,4-6,11-12H2,1-3H3,(H,23,25). The summed E-state index contributed by atoms with van der Waals surface area (Å²) in [7, 11) is 0. The van der Waals surface area contributed by atoms with Crippen LogP contribution in [0.25, 0.3) is 0 Å². The molecule has 0 unspecified atom stereocenters. The molecule has 1 N–H and O–H groups in total. The highest BCUT2D eigenvalue weighted by molar-refractivity contribution is 6.06. The van der Waals surface area contributed by atoms with Gasteiger partial charge in [-0.05, 0) is 38.0 Å². The molecule has 1 aromatic carbocycles. The summed E-state index contributed by atoms with van der Waals surface area (Å²) in [5, 5.41) is 2.83. The summed E-state index contributed by atoms with van der Waals surface area (Å²) in [4.78, 5) is 31.3. The maximum Gasteiger partial charge on any atom is 0.257 e. The minimum absolute atomic E-state index is 0.101. The summed E-state index contributed by atoms with van der Waals surface area (Å²) in [6, 6.07) is 8.83. The molecule has 0 aliphatic rings. The second kappa shape index (κ2) is 10.3. The van der Waals surface area contributed by atoms with Gasteiger partial charge in [-0.1, -0.05) is 26.0 Å². The van der Waals surface area contributed by atoms with Crippen molar-refractivity contribution < 1.29 is 14.3 Å². The second-order valence-corrected chi connectivity index (χ2v) is 6.14. The molecule has 2 aromatic rings. The molecule has 144 valence electrons. The first-order valence-corrected chi connectivity index (χ1v) is 9.38. The van der Waals surface area contributed by atoms with Gasteiger partial charge in [-0.25, -0.2) is 0 Å². The molecule has 0 atom stereocenters. The largest absolute Gasteiger partial charge is 0.492 e. The number of hydrogen-bond acceptors (Lipinski definition) is 4. The number of nitrogens with zero attached hydrogens (tertiary/aromatic N) is 2. The normalized spacial score (nSPS) is 10.3. The SMILES string of the molecule is CCCN(CCC)C(=O)c1cncc(C(=O)Nc2ccccc2OCC)c1. The minimum Gasteiger partial charge on any atom is -0.492 e. The highest BCUT2D eigenvalue weighted by Gasteiger charge is 2.17. The van der Waals surface area contributed by atoms with Crippen molar-refractivity contribution >= 4 is 17.5 Å². The number of para-hydroxylation sites is 2. The minimum atomic E-state index is -0.332. The Morgan fingerprint density at radius 3 is 2.37 bits per heavy atom. The van der Waals surface area contributed by atoms with Crippen LogP contribution in [0, 0.1) is 0 Å². The molecule has 27 heavy (non-hydrogen) atoms. The molecular weight excluding hydrogens is 342 g/mol. The Morgan fingerprint density at radius 2 is 1.70 bits per heavy atom. The van der Waals surface area contributed by atoms with Gasteiger partial charge in [0.25, 0.3) is 11.8 Å². The van der Waals surface area contributed by atoms with E-state index in [4.69, 9.17) is 4.74 Å². The fourth-order valence-corrected chi connectivity index (χ4v) is 2.76. The molecule has 0 fully saturated rings. The molecule has 0 bridgehead atoms. The van der Waals surface area contributed by atoms with E-state index >= 15 is 0 Å². The van der Waals surface area contributed by atoms with E-state index in [1.165, 1.54) is 12.4 Å². The molecule has 0 saturated heterocycles. The van der Waals surface area contributed by atoms with Gasteiger partial charge in [0.15, 0.2) is 0 Å². The average molecular weight is 369 g/mol. The lowest BCUT2D eigenvalue weighted by atomic mass is 10.1. The smallest absolute Gasteiger partial charge is 0.257 e. The summed E-state index contributed by atoms with van der Waals surface area (Å²) in [6.45, 7) is 7.83. The molecule has 0 radical (unpaired) electrons. The first-order valence-electron chi connectivity index (χ1n) is 9.38. The van der Waals surface area contributed by atoms with Crippen LogP contribution in [0.15, 0.2) is 42.7 Å². The van der Waals surface area contributed by atoms with Crippen LogP contribution < -0.4 is 10.1 Å². The maximum atomic E-state index is 12.7. The van der Waals surface area contributed by atoms with Gasteiger partial charge in [-0.15, -0.1) is 0 Å². The molecule has 0 aliphatic carbocycles. The van der Waals surface area contributed by atoms with Gasteiger partial charge in [-0.2, -0.15) is 0 Å². The topological polar surface area (TPSA) is 71.5 Å². The number of ether oxygens (including phenoxy) is 1. The number of amides is 2. The Hall–Kier alpha value is -2.89. The molecule has 0 spiro atoms. The van der Waals surface area contributed by atoms with E-state index < -0.39 is 0 Å². The summed E-state index contributed by atoms with van der Waals surface area (Å²) < 4.78 is 5.53. The Kier molecular flexibility index (Phi) is 7.79. The molecular formula is C21H27N3O3. The van der Waals surface area contributed by atoms with Crippen LogP contribution in [0.4, 0.5) is 5.69 Å². The van der Waals surface area contributed by atoms with Crippen LogP contribution in [0.1, 0.15) is 54.3 Å². The monoisotopic (exact) mass is 369 g/mol. The number of nitrogens with one attached hydrogen (secondary N) is 1. The van der Waals surface area contributed by atoms with Crippen molar-refractivity contribution in [3.05, 3.63) is 53.9 Å². The first-order chi connectivity index (χ1) is 13.1. The molecule has 0 saturated carbocycles. The predicted octanol–water partition coefficient (Wildman–Crippen LogP) is 3.99. The molecule has 0 aliphatic heterocycles. The van der Waals surface area contributed by atoms with Crippen molar-refractivity contribution in [3.63, 3.8) is 0 Å². The number of benzene rings is 1. The highest BCUT2D eigenvalue weighted by atomic mass is 16.5. The number of carbonyl (C=O) groups is 2. The number of anilines is 1. The molecule has 6 nitrogen and oxygen atoms in total. The van der Waals surface area contributed by atoms with Crippen molar-refractivity contribution in [3.8, 4) is 5.75 Å². The molecule has 1 heterocycles. The fourth-order valence-electron chi connectivity index (χ4n) is 2.76. The van der Waals surface area contributed by atoms with E-state index in [-0.39, 0.29) is 11.8 Å². The Bertz CT molecular complexity index is 771. The zero-order valence-electron chi connectivity index (χ0n) is 16.2. The van der Waals surface area contributed by atoms with Gasteiger partial charge < -0.3 is 15.0 Å². The third-order valence-electron chi connectivity index (χ3n) is 3.96. The number of pyridine rings is 1. The maximum absolute atomic E-state index is 12.7. The average Bonchev–Trinajstić information content (AvgIpc) is 2.69. The van der Waals surface area contributed by atoms with Gasteiger partial charge in [0.1, 0.15) is 5.75 Å². The third kappa shape index (κ3) is 5.54. The Labute approximate surface area is 160 Å². The van der Waals surface area contributed by atoms with E-state index in [9.17, 15) is 9.59 Å². The zero-order chi connectivity index (χ0) is 19.6. The van der Waals surface area contributed by atoms with Crippen molar-refractivity contribution in [1.82, 2.24) is 9.88 Å². The van der Waals surface area contributed by atoms with Crippen molar-refractivity contribution in [2.75, 3.05) is 25.0 Å². The van der Waals surface area contributed by atoms with E-state index in [1.54, 1.807) is 23.1 Å². The van der Waals surface area contributed by atoms with Crippen LogP contribution in [-0.2, 0) is 0 Å². The van der Waals surface area contributed by atoms with Crippen LogP contribution in [0.2, 0.25) is 0 Å². The fraction of sp³-hybridized carbons (Fsp3) is 0.381. The van der Waals surface area contributed by atoms with E-state index in [1.807, 2.05) is 32.9 Å². The summed E-state index contributed by atoms with van der Waals surface area (Å²) in [5.74, 6) is 0.169. The van der Waals surface area contributed by atoms with E-state index in [2.05, 4.69) is 10.3 Å². The lowest BCUT2D eigenvalue weighted by molar-refractivity contribution is 0.0755. The molecule has 6 heteroatoms. The van der Waals surface area contributed by atoms with Crippen LogP contribution in [0.5, 0.6) is 5.75 Å². The molecule has 2 amide bonds. The predicted molar refractivity (Wildman–Crippen MR) is 106 cm³/mol. The summed E-state index contributed by atoms with van der Waals surface area (Å²) in [6.07, 6.45) is 4.73.